The number of rotatable bonds is 5. The van der Waals surface area contributed by atoms with Gasteiger partial charge in [0.15, 0.2) is 8.32 Å². The van der Waals surface area contributed by atoms with Gasteiger partial charge in [-0.05, 0) is 29.8 Å². The molecule has 0 saturated carbocycles. The molecule has 0 aliphatic carbocycles. The Labute approximate surface area is 134 Å². The second kappa shape index (κ2) is 6.63. The van der Waals surface area contributed by atoms with E-state index >= 15 is 0 Å². The third kappa shape index (κ3) is 4.42. The second-order valence-corrected chi connectivity index (χ2v) is 11.8. The van der Waals surface area contributed by atoms with Gasteiger partial charge in [-0.25, -0.2) is 4.98 Å². The molecule has 1 heterocycles. The highest BCUT2D eigenvalue weighted by Gasteiger charge is 2.37. The largest absolute Gasteiger partial charge is 0.445 e. The zero-order chi connectivity index (χ0) is 16.2. The van der Waals surface area contributed by atoms with E-state index in [-0.39, 0.29) is 5.04 Å². The summed E-state index contributed by atoms with van der Waals surface area (Å²) in [4.78, 5) is 4.45. The molecule has 0 spiro atoms. The molecular weight excluding hydrogens is 290 g/mol. The smallest absolute Gasteiger partial charge is 0.218 e. The van der Waals surface area contributed by atoms with Crippen LogP contribution in [0.1, 0.15) is 37.9 Å². The van der Waals surface area contributed by atoms with Crippen LogP contribution < -0.4 is 0 Å². The molecule has 1 aromatic carbocycles. The summed E-state index contributed by atoms with van der Waals surface area (Å²) in [6, 6.07) is 10.1. The molecule has 2 rings (SSSR count). The molecule has 0 saturated heterocycles. The predicted octanol–water partition coefficient (Wildman–Crippen LogP) is 5.37. The molecule has 0 aliphatic rings. The van der Waals surface area contributed by atoms with Crippen LogP contribution in [-0.2, 0) is 11.0 Å². The Morgan fingerprint density at radius 3 is 2.45 bits per heavy atom. The van der Waals surface area contributed by atoms with Gasteiger partial charge in [0.2, 0.25) is 5.89 Å². The average molecular weight is 315 g/mol. The van der Waals surface area contributed by atoms with E-state index in [1.54, 1.807) is 6.26 Å². The van der Waals surface area contributed by atoms with Gasteiger partial charge in [0.25, 0.3) is 0 Å². The highest BCUT2D eigenvalue weighted by Crippen LogP contribution is 2.36. The molecule has 0 N–H and O–H groups in total. The van der Waals surface area contributed by atoms with Crippen molar-refractivity contribution >= 4 is 20.5 Å². The predicted molar refractivity (Wildman–Crippen MR) is 93.9 cm³/mol. The molecule has 0 atom stereocenters. The summed E-state index contributed by atoms with van der Waals surface area (Å²) in [5, 5.41) is 0.201. The SMILES string of the molecule is CC(C)(C)[Si](C)(C)OCc1coc(/C=C/c2ccccc2)n1. The maximum absolute atomic E-state index is 6.15. The first-order valence-electron chi connectivity index (χ1n) is 7.59. The van der Waals surface area contributed by atoms with Gasteiger partial charge >= 0.3 is 0 Å². The molecule has 0 unspecified atom stereocenters. The van der Waals surface area contributed by atoms with Gasteiger partial charge in [0, 0.05) is 6.08 Å². The zero-order valence-corrected chi connectivity index (χ0v) is 15.1. The van der Waals surface area contributed by atoms with Crippen molar-refractivity contribution in [3.63, 3.8) is 0 Å². The van der Waals surface area contributed by atoms with E-state index in [0.717, 1.165) is 11.3 Å². The van der Waals surface area contributed by atoms with Gasteiger partial charge in [0.1, 0.15) is 12.0 Å². The minimum absolute atomic E-state index is 0.201. The molecule has 4 heteroatoms. The Morgan fingerprint density at radius 2 is 1.82 bits per heavy atom. The lowest BCUT2D eigenvalue weighted by atomic mass is 10.2. The normalized spacial score (nSPS) is 13.0. The van der Waals surface area contributed by atoms with E-state index < -0.39 is 8.32 Å². The van der Waals surface area contributed by atoms with Crippen LogP contribution in [0.25, 0.3) is 12.2 Å². The molecule has 0 aliphatic heterocycles. The van der Waals surface area contributed by atoms with Gasteiger partial charge in [-0.3, -0.25) is 0 Å². The summed E-state index contributed by atoms with van der Waals surface area (Å²) in [5.74, 6) is 0.609. The molecule has 0 fully saturated rings. The fourth-order valence-electron chi connectivity index (χ4n) is 1.67. The van der Waals surface area contributed by atoms with Gasteiger partial charge in [-0.2, -0.15) is 0 Å². The van der Waals surface area contributed by atoms with Crippen LogP contribution in [0.15, 0.2) is 41.0 Å². The Bertz CT molecular complexity index is 624. The zero-order valence-electron chi connectivity index (χ0n) is 14.1. The summed E-state index contributed by atoms with van der Waals surface area (Å²) < 4.78 is 11.6. The molecule has 1 aromatic heterocycles. The van der Waals surface area contributed by atoms with Gasteiger partial charge in [-0.1, -0.05) is 51.1 Å². The number of aromatic nitrogens is 1. The Morgan fingerprint density at radius 1 is 1.14 bits per heavy atom. The van der Waals surface area contributed by atoms with Crippen LogP contribution in [0, 0.1) is 0 Å². The molecule has 118 valence electrons. The quantitative estimate of drug-likeness (QED) is 0.696. The van der Waals surface area contributed by atoms with Crippen molar-refractivity contribution in [2.45, 2.75) is 45.5 Å². The minimum Gasteiger partial charge on any atom is -0.445 e. The van der Waals surface area contributed by atoms with Crippen LogP contribution in [0.4, 0.5) is 0 Å². The number of oxazole rings is 1. The minimum atomic E-state index is -1.75. The maximum atomic E-state index is 6.15. The lowest BCUT2D eigenvalue weighted by Crippen LogP contribution is -2.40. The first-order valence-corrected chi connectivity index (χ1v) is 10.5. The number of benzene rings is 1. The average Bonchev–Trinajstić information content (AvgIpc) is 2.91. The van der Waals surface area contributed by atoms with E-state index in [2.05, 4.69) is 38.8 Å². The number of hydrogen-bond acceptors (Lipinski definition) is 3. The standard InChI is InChI=1S/C18H25NO2Si/c1-18(2,3)22(4,5)21-14-16-13-20-17(19-16)12-11-15-9-7-6-8-10-15/h6-13H,14H2,1-5H3/b12-11+. The third-order valence-corrected chi connectivity index (χ3v) is 8.65. The topological polar surface area (TPSA) is 35.3 Å². The summed E-state index contributed by atoms with van der Waals surface area (Å²) in [7, 11) is -1.75. The third-order valence-electron chi connectivity index (χ3n) is 4.17. The van der Waals surface area contributed by atoms with Crippen molar-refractivity contribution in [1.29, 1.82) is 0 Å². The number of nitrogens with zero attached hydrogens (tertiary/aromatic N) is 1. The molecule has 2 aromatic rings. The van der Waals surface area contributed by atoms with E-state index in [1.807, 2.05) is 42.5 Å². The fourth-order valence-corrected chi connectivity index (χ4v) is 2.61. The van der Waals surface area contributed by atoms with E-state index in [9.17, 15) is 0 Å². The molecule has 0 radical (unpaired) electrons. The Balaban J connectivity index is 1.96. The van der Waals surface area contributed by atoms with E-state index in [4.69, 9.17) is 8.84 Å². The van der Waals surface area contributed by atoms with Crippen LogP contribution in [0.2, 0.25) is 18.1 Å². The van der Waals surface area contributed by atoms with Crippen molar-refractivity contribution in [2.24, 2.45) is 0 Å². The monoisotopic (exact) mass is 315 g/mol. The lowest BCUT2D eigenvalue weighted by molar-refractivity contribution is 0.272. The summed E-state index contributed by atoms with van der Waals surface area (Å²) in [6.07, 6.45) is 5.55. The molecule has 0 amide bonds. The van der Waals surface area contributed by atoms with Crippen molar-refractivity contribution in [2.75, 3.05) is 0 Å². The summed E-state index contributed by atoms with van der Waals surface area (Å²) >= 11 is 0. The highest BCUT2D eigenvalue weighted by atomic mass is 28.4. The van der Waals surface area contributed by atoms with Gasteiger partial charge in [-0.15, -0.1) is 0 Å². The van der Waals surface area contributed by atoms with E-state index in [0.29, 0.717) is 12.5 Å². The van der Waals surface area contributed by atoms with Crippen molar-refractivity contribution in [1.82, 2.24) is 4.98 Å². The van der Waals surface area contributed by atoms with Crippen molar-refractivity contribution < 1.29 is 8.84 Å². The molecule has 3 nitrogen and oxygen atoms in total. The maximum Gasteiger partial charge on any atom is 0.218 e. The molecular formula is C18H25NO2Si. The molecule has 22 heavy (non-hydrogen) atoms. The summed E-state index contributed by atoms with van der Waals surface area (Å²) in [5.41, 5.74) is 1.97. The lowest BCUT2D eigenvalue weighted by Gasteiger charge is -2.35. The number of hydrogen-bond donors (Lipinski definition) is 0. The Hall–Kier alpha value is -1.65. The van der Waals surface area contributed by atoms with Gasteiger partial charge < -0.3 is 8.84 Å². The highest BCUT2D eigenvalue weighted by molar-refractivity contribution is 6.74. The fraction of sp³-hybridized carbons (Fsp3) is 0.389. The van der Waals surface area contributed by atoms with E-state index in [1.165, 1.54) is 0 Å². The van der Waals surface area contributed by atoms with Crippen LogP contribution in [-0.4, -0.2) is 13.3 Å². The van der Waals surface area contributed by atoms with Crippen LogP contribution in [0.5, 0.6) is 0 Å². The first kappa shape index (κ1) is 16.7. The molecule has 0 bridgehead atoms. The second-order valence-electron chi connectivity index (χ2n) is 6.97. The first-order chi connectivity index (χ1) is 10.3. The summed E-state index contributed by atoms with van der Waals surface area (Å²) in [6.45, 7) is 11.7. The van der Waals surface area contributed by atoms with Crippen molar-refractivity contribution in [3.05, 3.63) is 53.7 Å². The van der Waals surface area contributed by atoms with Crippen LogP contribution >= 0.6 is 0 Å². The van der Waals surface area contributed by atoms with Crippen molar-refractivity contribution in [3.8, 4) is 0 Å². The van der Waals surface area contributed by atoms with Gasteiger partial charge in [0.05, 0.1) is 6.61 Å². The van der Waals surface area contributed by atoms with Crippen LogP contribution in [0.3, 0.4) is 0 Å². The Kier molecular flexibility index (Phi) is 5.03.